The minimum Gasteiger partial charge on any atom is -0.383 e. The van der Waals surface area contributed by atoms with E-state index in [0.717, 1.165) is 5.56 Å². The molecule has 0 fully saturated rings. The molecule has 102 valence electrons. The first kappa shape index (κ1) is 13.7. The normalized spacial score (nSPS) is 11.7. The van der Waals surface area contributed by atoms with E-state index in [4.69, 9.17) is 4.74 Å². The Bertz CT molecular complexity index is 664. The van der Waals surface area contributed by atoms with Crippen LogP contribution in [0, 0.1) is 0 Å². The van der Waals surface area contributed by atoms with Gasteiger partial charge in [-0.2, -0.15) is 0 Å². The number of hydrogen-bond donors (Lipinski definition) is 0. The van der Waals surface area contributed by atoms with E-state index in [1.165, 1.54) is 6.26 Å². The Labute approximate surface area is 112 Å². The number of benzene rings is 1. The number of sulfone groups is 1. The van der Waals surface area contributed by atoms with Gasteiger partial charge in [-0.05, 0) is 12.1 Å². The van der Waals surface area contributed by atoms with Crippen molar-refractivity contribution in [1.29, 1.82) is 0 Å². The lowest BCUT2D eigenvalue weighted by Crippen LogP contribution is -2.05. The number of aromatic nitrogens is 3. The Morgan fingerprint density at radius 2 is 2.16 bits per heavy atom. The van der Waals surface area contributed by atoms with Crippen LogP contribution in [0.1, 0.15) is 0 Å². The average molecular weight is 281 g/mol. The van der Waals surface area contributed by atoms with E-state index in [1.807, 2.05) is 10.6 Å². The fourth-order valence-electron chi connectivity index (χ4n) is 1.70. The summed E-state index contributed by atoms with van der Waals surface area (Å²) in [5, 5.41) is 7.88. The van der Waals surface area contributed by atoms with Crippen molar-refractivity contribution in [2.45, 2.75) is 11.4 Å². The predicted molar refractivity (Wildman–Crippen MR) is 70.4 cm³/mol. The maximum absolute atomic E-state index is 11.5. The summed E-state index contributed by atoms with van der Waals surface area (Å²) in [6.07, 6.45) is 2.78. The number of nitrogens with zero attached hydrogens (tertiary/aromatic N) is 3. The van der Waals surface area contributed by atoms with E-state index in [-0.39, 0.29) is 4.90 Å². The van der Waals surface area contributed by atoms with Crippen LogP contribution in [0.25, 0.3) is 11.4 Å². The maximum Gasteiger partial charge on any atom is 0.175 e. The molecule has 1 heterocycles. The molecule has 0 spiro atoms. The molecule has 0 saturated carbocycles. The Morgan fingerprint density at radius 1 is 1.37 bits per heavy atom. The molecule has 0 aliphatic rings. The van der Waals surface area contributed by atoms with Crippen molar-refractivity contribution in [2.75, 3.05) is 20.0 Å². The molecule has 0 atom stereocenters. The first-order chi connectivity index (χ1) is 9.02. The lowest BCUT2D eigenvalue weighted by Gasteiger charge is -2.07. The predicted octanol–water partition coefficient (Wildman–Crippen LogP) is 0.995. The van der Waals surface area contributed by atoms with E-state index in [9.17, 15) is 8.42 Å². The molecule has 2 aromatic rings. The van der Waals surface area contributed by atoms with Crippen molar-refractivity contribution in [3.8, 4) is 11.4 Å². The van der Waals surface area contributed by atoms with Crippen LogP contribution in [-0.4, -0.2) is 43.2 Å². The summed E-state index contributed by atoms with van der Waals surface area (Å²) in [7, 11) is -1.61. The molecule has 1 aromatic heterocycles. The molecule has 0 saturated heterocycles. The van der Waals surface area contributed by atoms with Crippen LogP contribution >= 0.6 is 0 Å². The van der Waals surface area contributed by atoms with Gasteiger partial charge in [0.05, 0.1) is 11.5 Å². The van der Waals surface area contributed by atoms with Gasteiger partial charge in [-0.15, -0.1) is 10.2 Å². The summed E-state index contributed by atoms with van der Waals surface area (Å²) in [5.74, 6) is 0.627. The molecule has 19 heavy (non-hydrogen) atoms. The van der Waals surface area contributed by atoms with Gasteiger partial charge in [0.1, 0.15) is 6.33 Å². The van der Waals surface area contributed by atoms with Crippen LogP contribution in [0.4, 0.5) is 0 Å². The zero-order valence-electron chi connectivity index (χ0n) is 10.8. The zero-order valence-corrected chi connectivity index (χ0v) is 11.6. The molecule has 0 aliphatic carbocycles. The number of hydrogen-bond acceptors (Lipinski definition) is 5. The van der Waals surface area contributed by atoms with Crippen LogP contribution in [0.5, 0.6) is 0 Å². The first-order valence-electron chi connectivity index (χ1n) is 5.69. The van der Waals surface area contributed by atoms with Gasteiger partial charge in [0.2, 0.25) is 0 Å². The number of ether oxygens (including phenoxy) is 1. The summed E-state index contributed by atoms with van der Waals surface area (Å²) in [4.78, 5) is 0.270. The van der Waals surface area contributed by atoms with Crippen molar-refractivity contribution in [1.82, 2.24) is 14.8 Å². The molecule has 0 radical (unpaired) electrons. The Kier molecular flexibility index (Phi) is 3.96. The molecule has 0 amide bonds. The van der Waals surface area contributed by atoms with Gasteiger partial charge in [0, 0.05) is 25.5 Å². The molecular formula is C12H15N3O3S. The molecule has 0 unspecified atom stereocenters. The molecule has 6 nitrogen and oxygen atoms in total. The second-order valence-corrected chi connectivity index (χ2v) is 6.16. The molecule has 0 bridgehead atoms. The Hall–Kier alpha value is -1.73. The molecular weight excluding hydrogens is 266 g/mol. The van der Waals surface area contributed by atoms with Gasteiger partial charge in [0.25, 0.3) is 0 Å². The van der Waals surface area contributed by atoms with Crippen LogP contribution in [0.2, 0.25) is 0 Å². The topological polar surface area (TPSA) is 74.1 Å². The summed E-state index contributed by atoms with van der Waals surface area (Å²) >= 11 is 0. The van der Waals surface area contributed by atoms with Crippen LogP contribution in [0.3, 0.4) is 0 Å². The SMILES string of the molecule is COCCn1cnnc1-c1cccc(S(C)(=O)=O)c1. The average Bonchev–Trinajstić information content (AvgIpc) is 2.83. The number of rotatable bonds is 5. The summed E-state index contributed by atoms with van der Waals surface area (Å²) < 4.78 is 29.9. The first-order valence-corrected chi connectivity index (χ1v) is 7.59. The summed E-state index contributed by atoms with van der Waals surface area (Å²) in [6, 6.07) is 6.67. The van der Waals surface area contributed by atoms with Crippen molar-refractivity contribution >= 4 is 9.84 Å². The van der Waals surface area contributed by atoms with Crippen molar-refractivity contribution in [3.05, 3.63) is 30.6 Å². The highest BCUT2D eigenvalue weighted by atomic mass is 32.2. The van der Waals surface area contributed by atoms with Crippen LogP contribution < -0.4 is 0 Å². The third-order valence-electron chi connectivity index (χ3n) is 2.67. The minimum absolute atomic E-state index is 0.270. The quantitative estimate of drug-likeness (QED) is 0.817. The van der Waals surface area contributed by atoms with Gasteiger partial charge < -0.3 is 9.30 Å². The van der Waals surface area contributed by atoms with Crippen LogP contribution in [-0.2, 0) is 21.1 Å². The highest BCUT2D eigenvalue weighted by Crippen LogP contribution is 2.20. The number of methoxy groups -OCH3 is 1. The van der Waals surface area contributed by atoms with Crippen molar-refractivity contribution in [3.63, 3.8) is 0 Å². The lowest BCUT2D eigenvalue weighted by atomic mass is 10.2. The van der Waals surface area contributed by atoms with Crippen LogP contribution in [0.15, 0.2) is 35.5 Å². The fraction of sp³-hybridized carbons (Fsp3) is 0.333. The smallest absolute Gasteiger partial charge is 0.175 e. The third-order valence-corrected chi connectivity index (χ3v) is 3.78. The van der Waals surface area contributed by atoms with E-state index >= 15 is 0 Å². The van der Waals surface area contributed by atoms with Gasteiger partial charge in [-0.25, -0.2) is 8.42 Å². The minimum atomic E-state index is -3.23. The molecule has 1 aromatic carbocycles. The summed E-state index contributed by atoms with van der Waals surface area (Å²) in [5.41, 5.74) is 0.719. The van der Waals surface area contributed by atoms with Gasteiger partial charge in [-0.3, -0.25) is 0 Å². The fourth-order valence-corrected chi connectivity index (χ4v) is 2.36. The van der Waals surface area contributed by atoms with Crippen molar-refractivity contribution < 1.29 is 13.2 Å². The third kappa shape index (κ3) is 3.18. The second kappa shape index (κ2) is 5.50. The lowest BCUT2D eigenvalue weighted by molar-refractivity contribution is 0.187. The molecule has 0 N–H and O–H groups in total. The molecule has 0 aliphatic heterocycles. The zero-order chi connectivity index (χ0) is 13.9. The monoisotopic (exact) mass is 281 g/mol. The van der Waals surface area contributed by atoms with Gasteiger partial charge >= 0.3 is 0 Å². The highest BCUT2D eigenvalue weighted by molar-refractivity contribution is 7.90. The van der Waals surface area contributed by atoms with E-state index in [1.54, 1.807) is 31.6 Å². The van der Waals surface area contributed by atoms with E-state index in [0.29, 0.717) is 19.0 Å². The molecule has 7 heteroatoms. The highest BCUT2D eigenvalue weighted by Gasteiger charge is 2.11. The maximum atomic E-state index is 11.5. The molecule has 2 rings (SSSR count). The summed E-state index contributed by atoms with van der Waals surface area (Å²) in [6.45, 7) is 1.15. The largest absolute Gasteiger partial charge is 0.383 e. The van der Waals surface area contributed by atoms with Gasteiger partial charge in [0.15, 0.2) is 15.7 Å². The Balaban J connectivity index is 2.40. The Morgan fingerprint density at radius 3 is 2.84 bits per heavy atom. The standard InChI is InChI=1S/C12H15N3O3S/c1-18-7-6-15-9-13-14-12(15)10-4-3-5-11(8-10)19(2,16)17/h3-5,8-9H,6-7H2,1-2H3. The van der Waals surface area contributed by atoms with Crippen molar-refractivity contribution in [2.24, 2.45) is 0 Å². The van der Waals surface area contributed by atoms with Gasteiger partial charge in [-0.1, -0.05) is 12.1 Å². The second-order valence-electron chi connectivity index (χ2n) is 4.14. The van der Waals surface area contributed by atoms with E-state index in [2.05, 4.69) is 10.2 Å². The van der Waals surface area contributed by atoms with E-state index < -0.39 is 9.84 Å².